The molecular formula is C35H41N2+. The Morgan fingerprint density at radius 1 is 0.703 bits per heavy atom. The van der Waals surface area contributed by atoms with Crippen molar-refractivity contribution < 1.29 is 4.58 Å². The van der Waals surface area contributed by atoms with Crippen LogP contribution < -0.4 is 4.90 Å². The van der Waals surface area contributed by atoms with E-state index in [4.69, 9.17) is 0 Å². The van der Waals surface area contributed by atoms with Crippen molar-refractivity contribution in [1.82, 2.24) is 0 Å². The lowest BCUT2D eigenvalue weighted by atomic mass is 9.80. The van der Waals surface area contributed by atoms with Gasteiger partial charge in [0.05, 0.1) is 16.5 Å². The predicted molar refractivity (Wildman–Crippen MR) is 164 cm³/mol. The largest absolute Gasteiger partial charge is 0.347 e. The lowest BCUT2D eigenvalue weighted by molar-refractivity contribution is -0.399. The molecule has 2 aliphatic rings. The van der Waals surface area contributed by atoms with E-state index in [1.807, 2.05) is 0 Å². The molecule has 0 bridgehead atoms. The van der Waals surface area contributed by atoms with E-state index >= 15 is 0 Å². The second-order valence-corrected chi connectivity index (χ2v) is 11.0. The number of rotatable bonds is 2. The van der Waals surface area contributed by atoms with E-state index in [0.29, 0.717) is 0 Å². The van der Waals surface area contributed by atoms with Gasteiger partial charge in [-0.15, -0.1) is 0 Å². The number of hydrogen-bond donors (Lipinski definition) is 0. The number of allylic oxidation sites excluding steroid dienone is 4. The minimum absolute atomic E-state index is 0. The summed E-state index contributed by atoms with van der Waals surface area (Å²) in [5, 5.41) is 5.23. The first-order valence-corrected chi connectivity index (χ1v) is 12.5. The average molecular weight is 490 g/mol. The summed E-state index contributed by atoms with van der Waals surface area (Å²) in [5.74, 6) is 0. The number of hydrogen-bond acceptors (Lipinski definition) is 1. The Labute approximate surface area is 223 Å². The molecule has 0 spiro atoms. The summed E-state index contributed by atoms with van der Waals surface area (Å²) in [6, 6.07) is 26.5. The molecule has 4 aromatic rings. The lowest BCUT2D eigenvalue weighted by Gasteiger charge is -2.23. The van der Waals surface area contributed by atoms with Gasteiger partial charge in [-0.1, -0.05) is 102 Å². The Kier molecular flexibility index (Phi) is 6.44. The number of benzene rings is 4. The summed E-state index contributed by atoms with van der Waals surface area (Å²) in [5.41, 5.74) is 7.98. The molecule has 0 saturated heterocycles. The molecule has 0 unspecified atom stereocenters. The normalized spacial score (nSPS) is 18.3. The third kappa shape index (κ3) is 3.65. The smallest absolute Gasteiger partial charge is 0.217 e. The zero-order chi connectivity index (χ0) is 24.5. The minimum atomic E-state index is -0.0562. The Morgan fingerprint density at radius 2 is 1.27 bits per heavy atom. The molecule has 190 valence electrons. The van der Waals surface area contributed by atoms with E-state index < -0.39 is 0 Å². The summed E-state index contributed by atoms with van der Waals surface area (Å²) in [7, 11) is 4.42. The fourth-order valence-corrected chi connectivity index (χ4v) is 6.47. The number of nitrogens with zero attached hydrogens (tertiary/aromatic N) is 2. The maximum absolute atomic E-state index is 2.39. The number of anilines is 1. The summed E-state index contributed by atoms with van der Waals surface area (Å²) in [4.78, 5) is 2.39. The maximum atomic E-state index is 2.39. The third-order valence-electron chi connectivity index (χ3n) is 8.33. The standard InChI is InChI=1S/C33H33N2.2CH4/c1-32(2)26-20-18-22-12-7-9-14-24(22)30(26)34(5)28(32)16-11-17-29-33(3,4)27-21-19-23-13-8-10-15-25(23)31(27)35(29)6;;/h7-21H,1-6H3;2*1H4/q+1;;. The molecule has 0 N–H and O–H groups in total. The molecule has 6 rings (SSSR count). The topological polar surface area (TPSA) is 6.25 Å². The molecule has 0 aliphatic carbocycles. The second kappa shape index (κ2) is 9.03. The molecule has 4 aromatic carbocycles. The van der Waals surface area contributed by atoms with Gasteiger partial charge in [-0.05, 0) is 42.3 Å². The van der Waals surface area contributed by atoms with Crippen LogP contribution in [-0.2, 0) is 10.8 Å². The van der Waals surface area contributed by atoms with Crippen molar-refractivity contribution in [2.24, 2.45) is 0 Å². The van der Waals surface area contributed by atoms with Gasteiger partial charge in [-0.2, -0.15) is 4.58 Å². The number of fused-ring (bicyclic) bond motifs is 6. The van der Waals surface area contributed by atoms with Crippen LogP contribution >= 0.6 is 0 Å². The highest BCUT2D eigenvalue weighted by molar-refractivity contribution is 6.07. The summed E-state index contributed by atoms with van der Waals surface area (Å²) in [6.45, 7) is 9.35. The van der Waals surface area contributed by atoms with Gasteiger partial charge < -0.3 is 4.90 Å². The summed E-state index contributed by atoms with van der Waals surface area (Å²) < 4.78 is 2.39. The first kappa shape index (κ1) is 26.4. The third-order valence-corrected chi connectivity index (χ3v) is 8.33. The molecule has 2 heteroatoms. The van der Waals surface area contributed by atoms with Crippen molar-refractivity contribution in [3.8, 4) is 0 Å². The highest BCUT2D eigenvalue weighted by Crippen LogP contribution is 2.50. The molecule has 2 aliphatic heterocycles. The van der Waals surface area contributed by atoms with Crippen molar-refractivity contribution in [3.63, 3.8) is 0 Å². The molecule has 0 saturated carbocycles. The lowest BCUT2D eigenvalue weighted by Crippen LogP contribution is -2.26. The van der Waals surface area contributed by atoms with Gasteiger partial charge in [-0.25, -0.2) is 0 Å². The van der Waals surface area contributed by atoms with Crippen molar-refractivity contribution in [1.29, 1.82) is 0 Å². The first-order chi connectivity index (χ1) is 16.7. The van der Waals surface area contributed by atoms with Crippen molar-refractivity contribution in [3.05, 3.63) is 108 Å². The monoisotopic (exact) mass is 489 g/mol. The molecule has 0 atom stereocenters. The van der Waals surface area contributed by atoms with Crippen LogP contribution in [0.4, 0.5) is 11.4 Å². The Hall–Kier alpha value is -3.65. The zero-order valence-corrected chi connectivity index (χ0v) is 21.6. The molecule has 37 heavy (non-hydrogen) atoms. The van der Waals surface area contributed by atoms with Crippen LogP contribution in [0.15, 0.2) is 96.7 Å². The Balaban J connectivity index is 0.00000160. The fourth-order valence-electron chi connectivity index (χ4n) is 6.47. The van der Waals surface area contributed by atoms with Gasteiger partial charge in [0.2, 0.25) is 5.69 Å². The van der Waals surface area contributed by atoms with Crippen LogP contribution in [0, 0.1) is 0 Å². The first-order valence-electron chi connectivity index (χ1n) is 12.5. The van der Waals surface area contributed by atoms with E-state index in [-0.39, 0.29) is 25.7 Å². The molecule has 0 fully saturated rings. The van der Waals surface area contributed by atoms with Crippen LogP contribution in [0.5, 0.6) is 0 Å². The molecule has 0 amide bonds. The van der Waals surface area contributed by atoms with Gasteiger partial charge >= 0.3 is 0 Å². The van der Waals surface area contributed by atoms with E-state index in [1.54, 1.807) is 0 Å². The maximum Gasteiger partial charge on any atom is 0.217 e. The predicted octanol–water partition coefficient (Wildman–Crippen LogP) is 9.14. The van der Waals surface area contributed by atoms with Gasteiger partial charge in [0.1, 0.15) is 7.05 Å². The molecule has 0 aromatic heterocycles. The highest BCUT2D eigenvalue weighted by atomic mass is 15.2. The molecule has 0 radical (unpaired) electrons. The van der Waals surface area contributed by atoms with Crippen molar-refractivity contribution >= 4 is 38.6 Å². The molecule has 2 nitrogen and oxygen atoms in total. The Bertz CT molecular complexity index is 1610. The average Bonchev–Trinajstić information content (AvgIpc) is 3.17. The van der Waals surface area contributed by atoms with Gasteiger partial charge in [0.25, 0.3) is 0 Å². The van der Waals surface area contributed by atoms with E-state index in [0.717, 1.165) is 0 Å². The van der Waals surface area contributed by atoms with E-state index in [1.165, 1.54) is 55.5 Å². The highest BCUT2D eigenvalue weighted by Gasteiger charge is 2.44. The van der Waals surface area contributed by atoms with E-state index in [9.17, 15) is 0 Å². The van der Waals surface area contributed by atoms with Crippen LogP contribution in [0.25, 0.3) is 21.5 Å². The molecular weight excluding hydrogens is 448 g/mol. The van der Waals surface area contributed by atoms with Gasteiger partial charge in [-0.3, -0.25) is 0 Å². The number of likely N-dealkylation sites (N-methyl/N-ethyl adjacent to an activating group) is 1. The zero-order valence-electron chi connectivity index (χ0n) is 21.6. The SMILES string of the molecule is C.C.CN1C(=CC=CC2=[N+](C)c3c(ccc4ccccc34)C2(C)C)C(C)(C)c2ccc3ccccc3c21. The van der Waals surface area contributed by atoms with Crippen LogP contribution in [0.2, 0.25) is 0 Å². The van der Waals surface area contributed by atoms with Crippen molar-refractivity contribution in [2.45, 2.75) is 53.4 Å². The molecule has 2 heterocycles. The van der Waals surface area contributed by atoms with E-state index in [2.05, 4.69) is 142 Å². The van der Waals surface area contributed by atoms with Crippen LogP contribution in [0.1, 0.15) is 53.7 Å². The van der Waals surface area contributed by atoms with Gasteiger partial charge in [0, 0.05) is 35.2 Å². The quantitative estimate of drug-likeness (QED) is 0.254. The Morgan fingerprint density at radius 3 is 1.95 bits per heavy atom. The van der Waals surface area contributed by atoms with Crippen LogP contribution in [-0.4, -0.2) is 24.4 Å². The minimum Gasteiger partial charge on any atom is -0.347 e. The van der Waals surface area contributed by atoms with Crippen molar-refractivity contribution in [2.75, 3.05) is 19.0 Å². The summed E-state index contributed by atoms with van der Waals surface area (Å²) in [6.07, 6.45) is 6.88. The fraction of sp³-hybridized carbons (Fsp3) is 0.286. The van der Waals surface area contributed by atoms with Crippen LogP contribution in [0.3, 0.4) is 0 Å². The van der Waals surface area contributed by atoms with Gasteiger partial charge in [0.15, 0.2) is 5.71 Å². The second-order valence-electron chi connectivity index (χ2n) is 11.0. The summed E-state index contributed by atoms with van der Waals surface area (Å²) >= 11 is 0.